The fourth-order valence-electron chi connectivity index (χ4n) is 1.36. The minimum atomic E-state index is 0.0425. The highest BCUT2D eigenvalue weighted by molar-refractivity contribution is 8.00. The highest BCUT2D eigenvalue weighted by Crippen LogP contribution is 2.29. The third-order valence-electron chi connectivity index (χ3n) is 2.32. The number of aromatic nitrogens is 2. The smallest absolute Gasteiger partial charge is 0.174 e. The average molecular weight is 315 g/mol. The Morgan fingerprint density at radius 2 is 2.32 bits per heavy atom. The second-order valence-corrected chi connectivity index (χ2v) is 6.48. The predicted molar refractivity (Wildman–Crippen MR) is 78.2 cm³/mol. The van der Waals surface area contributed by atoms with Crippen LogP contribution in [0.25, 0.3) is 0 Å². The molecular weight excluding hydrogens is 304 g/mol. The molecule has 2 aromatic rings. The van der Waals surface area contributed by atoms with Crippen molar-refractivity contribution in [1.82, 2.24) is 10.2 Å². The van der Waals surface area contributed by atoms with Crippen LogP contribution < -0.4 is 5.73 Å². The van der Waals surface area contributed by atoms with E-state index >= 15 is 0 Å². The van der Waals surface area contributed by atoms with Crippen molar-refractivity contribution in [1.29, 1.82) is 0 Å². The van der Waals surface area contributed by atoms with Gasteiger partial charge in [-0.2, -0.15) is 0 Å². The molecule has 2 rings (SSSR count). The molecule has 19 heavy (non-hydrogen) atoms. The molecule has 0 saturated carbocycles. The van der Waals surface area contributed by atoms with Crippen LogP contribution in [0.4, 0.5) is 0 Å². The first-order valence-electron chi connectivity index (χ1n) is 5.29. The van der Waals surface area contributed by atoms with Crippen molar-refractivity contribution >= 4 is 40.5 Å². The third kappa shape index (κ3) is 3.59. The van der Waals surface area contributed by atoms with Gasteiger partial charge in [0.25, 0.3) is 0 Å². The van der Waals surface area contributed by atoms with Gasteiger partial charge in [0.15, 0.2) is 10.2 Å². The summed E-state index contributed by atoms with van der Waals surface area (Å²) in [7, 11) is 0. The number of nitrogens with two attached hydrogens (primary N) is 1. The Kier molecular flexibility index (Phi) is 4.62. The normalized spacial score (nSPS) is 11.8. The van der Waals surface area contributed by atoms with Crippen LogP contribution in [-0.2, 0) is 5.75 Å². The standard InChI is InChI=1S/C11H11ClN4OS2/c1-6-14-15-11(19-6)18-5-8-3-2-7(4-9(8)12)10(13)16-17/h2-4,17H,5H2,1H3,(H2,13,16). The molecule has 5 nitrogen and oxygen atoms in total. The number of halogens is 1. The van der Waals surface area contributed by atoms with E-state index in [1.807, 2.05) is 13.0 Å². The Morgan fingerprint density at radius 1 is 1.53 bits per heavy atom. The molecule has 0 aliphatic carbocycles. The first-order valence-corrected chi connectivity index (χ1v) is 7.47. The van der Waals surface area contributed by atoms with Crippen molar-refractivity contribution in [3.05, 3.63) is 39.4 Å². The summed E-state index contributed by atoms with van der Waals surface area (Å²) in [5.74, 6) is 0.741. The van der Waals surface area contributed by atoms with Gasteiger partial charge in [-0.3, -0.25) is 0 Å². The van der Waals surface area contributed by atoms with Crippen molar-refractivity contribution in [2.24, 2.45) is 10.9 Å². The maximum absolute atomic E-state index is 8.60. The minimum Gasteiger partial charge on any atom is -0.409 e. The molecule has 8 heteroatoms. The molecule has 0 fully saturated rings. The van der Waals surface area contributed by atoms with Crippen molar-refractivity contribution in [2.75, 3.05) is 0 Å². The van der Waals surface area contributed by atoms with E-state index in [0.29, 0.717) is 16.3 Å². The lowest BCUT2D eigenvalue weighted by atomic mass is 10.1. The highest BCUT2D eigenvalue weighted by Gasteiger charge is 2.07. The molecule has 3 N–H and O–H groups in total. The number of nitrogens with zero attached hydrogens (tertiary/aromatic N) is 3. The van der Waals surface area contributed by atoms with Crippen LogP contribution in [0, 0.1) is 6.92 Å². The minimum absolute atomic E-state index is 0.0425. The van der Waals surface area contributed by atoms with E-state index in [0.717, 1.165) is 14.9 Å². The lowest BCUT2D eigenvalue weighted by Gasteiger charge is -2.05. The molecule has 0 saturated heterocycles. The lowest BCUT2D eigenvalue weighted by molar-refractivity contribution is 0.318. The first-order chi connectivity index (χ1) is 9.10. The monoisotopic (exact) mass is 314 g/mol. The van der Waals surface area contributed by atoms with Gasteiger partial charge in [-0.25, -0.2) is 0 Å². The number of hydrogen-bond donors (Lipinski definition) is 2. The number of thioether (sulfide) groups is 1. The van der Waals surface area contributed by atoms with Crippen molar-refractivity contribution in [3.63, 3.8) is 0 Å². The van der Waals surface area contributed by atoms with Gasteiger partial charge in [0, 0.05) is 16.3 Å². The van der Waals surface area contributed by atoms with Crippen LogP contribution in [0.1, 0.15) is 16.1 Å². The Bertz CT molecular complexity index is 614. The summed E-state index contributed by atoms with van der Waals surface area (Å²) in [5.41, 5.74) is 7.06. The number of oxime groups is 1. The molecule has 0 radical (unpaired) electrons. The van der Waals surface area contributed by atoms with Gasteiger partial charge in [-0.05, 0) is 18.6 Å². The zero-order valence-electron chi connectivity index (χ0n) is 10.00. The van der Waals surface area contributed by atoms with E-state index in [9.17, 15) is 0 Å². The van der Waals surface area contributed by atoms with Gasteiger partial charge in [0.05, 0.1) is 0 Å². The number of amidine groups is 1. The number of aryl methyl sites for hydroxylation is 1. The van der Waals surface area contributed by atoms with Gasteiger partial charge in [-0.15, -0.1) is 10.2 Å². The molecule has 1 aromatic heterocycles. The van der Waals surface area contributed by atoms with Crippen molar-refractivity contribution in [2.45, 2.75) is 17.0 Å². The fraction of sp³-hybridized carbons (Fsp3) is 0.182. The number of hydrogen-bond acceptors (Lipinski definition) is 6. The van der Waals surface area contributed by atoms with Crippen LogP contribution in [0.3, 0.4) is 0 Å². The highest BCUT2D eigenvalue weighted by atomic mass is 35.5. The summed E-state index contributed by atoms with van der Waals surface area (Å²) in [6.07, 6.45) is 0. The van der Waals surface area contributed by atoms with Crippen LogP contribution >= 0.6 is 34.7 Å². The molecule has 0 atom stereocenters. The van der Waals surface area contributed by atoms with E-state index in [1.54, 1.807) is 35.2 Å². The predicted octanol–water partition coefficient (Wildman–Crippen LogP) is 2.89. The zero-order chi connectivity index (χ0) is 13.8. The quantitative estimate of drug-likeness (QED) is 0.298. The average Bonchev–Trinajstić information content (AvgIpc) is 2.82. The van der Waals surface area contributed by atoms with Crippen molar-refractivity contribution in [3.8, 4) is 0 Å². The summed E-state index contributed by atoms with van der Waals surface area (Å²) >= 11 is 9.29. The van der Waals surface area contributed by atoms with Gasteiger partial charge < -0.3 is 10.9 Å². The SMILES string of the molecule is Cc1nnc(SCc2ccc(/C(N)=N/O)cc2Cl)s1. The number of benzene rings is 1. The Hall–Kier alpha value is -1.31. The van der Waals surface area contributed by atoms with Crippen LogP contribution in [-0.4, -0.2) is 21.2 Å². The summed E-state index contributed by atoms with van der Waals surface area (Å²) in [4.78, 5) is 0. The molecule has 1 heterocycles. The summed E-state index contributed by atoms with van der Waals surface area (Å²) in [6.45, 7) is 1.92. The Balaban J connectivity index is 2.09. The zero-order valence-corrected chi connectivity index (χ0v) is 12.4. The molecule has 100 valence electrons. The molecular formula is C11H11ClN4OS2. The summed E-state index contributed by atoms with van der Waals surface area (Å²) in [5, 5.41) is 21.1. The van der Waals surface area contributed by atoms with Gasteiger partial charge in [0.1, 0.15) is 5.01 Å². The Morgan fingerprint density at radius 3 is 2.89 bits per heavy atom. The largest absolute Gasteiger partial charge is 0.409 e. The second-order valence-electron chi connectivity index (χ2n) is 3.67. The van der Waals surface area contributed by atoms with E-state index in [1.165, 1.54) is 0 Å². The number of rotatable bonds is 4. The maximum atomic E-state index is 8.60. The van der Waals surface area contributed by atoms with Gasteiger partial charge in [-0.1, -0.05) is 52.0 Å². The summed E-state index contributed by atoms with van der Waals surface area (Å²) in [6, 6.07) is 5.30. The topological polar surface area (TPSA) is 84.4 Å². The van der Waals surface area contributed by atoms with E-state index in [4.69, 9.17) is 22.5 Å². The van der Waals surface area contributed by atoms with E-state index in [2.05, 4.69) is 15.4 Å². The van der Waals surface area contributed by atoms with E-state index < -0.39 is 0 Å². The van der Waals surface area contributed by atoms with Crippen LogP contribution in [0.5, 0.6) is 0 Å². The fourth-order valence-corrected chi connectivity index (χ4v) is 3.50. The second kappa shape index (κ2) is 6.23. The lowest BCUT2D eigenvalue weighted by Crippen LogP contribution is -2.12. The van der Waals surface area contributed by atoms with Gasteiger partial charge >= 0.3 is 0 Å². The molecule has 1 aromatic carbocycles. The van der Waals surface area contributed by atoms with Crippen LogP contribution in [0.2, 0.25) is 5.02 Å². The molecule has 0 aliphatic rings. The Labute approximate surface area is 123 Å². The molecule has 0 bridgehead atoms. The van der Waals surface area contributed by atoms with Crippen molar-refractivity contribution < 1.29 is 5.21 Å². The summed E-state index contributed by atoms with van der Waals surface area (Å²) < 4.78 is 0.911. The van der Waals surface area contributed by atoms with E-state index in [-0.39, 0.29) is 5.84 Å². The third-order valence-corrected chi connectivity index (χ3v) is 4.69. The van der Waals surface area contributed by atoms with Gasteiger partial charge in [0.2, 0.25) is 0 Å². The molecule has 0 amide bonds. The van der Waals surface area contributed by atoms with Crippen LogP contribution in [0.15, 0.2) is 27.7 Å². The maximum Gasteiger partial charge on any atom is 0.174 e. The molecule has 0 unspecified atom stereocenters. The molecule has 0 spiro atoms. The first kappa shape index (κ1) is 14.1. The molecule has 0 aliphatic heterocycles.